The minimum atomic E-state index is 0.277. The van der Waals surface area contributed by atoms with Gasteiger partial charge < -0.3 is 10.6 Å². The molecule has 0 bridgehead atoms. The Kier molecular flexibility index (Phi) is 3.27. The lowest BCUT2D eigenvalue weighted by Crippen LogP contribution is -2.44. The molecule has 0 aromatic carbocycles. The van der Waals surface area contributed by atoms with Crippen molar-refractivity contribution in [1.29, 1.82) is 0 Å². The van der Waals surface area contributed by atoms with Crippen molar-refractivity contribution in [2.24, 2.45) is 0 Å². The predicted octanol–water partition coefficient (Wildman–Crippen LogP) is 2.65. The highest BCUT2D eigenvalue weighted by molar-refractivity contribution is 5.43. The highest BCUT2D eigenvalue weighted by Gasteiger charge is 2.35. The van der Waals surface area contributed by atoms with E-state index < -0.39 is 0 Å². The molecule has 0 saturated heterocycles. The number of rotatable bonds is 5. The van der Waals surface area contributed by atoms with Crippen molar-refractivity contribution in [1.82, 2.24) is 9.97 Å². The highest BCUT2D eigenvalue weighted by Crippen LogP contribution is 2.37. The summed E-state index contributed by atoms with van der Waals surface area (Å²) in [7, 11) is 0. The number of anilines is 2. The first-order valence-electron chi connectivity index (χ1n) is 6.12. The van der Waals surface area contributed by atoms with Gasteiger partial charge in [-0.05, 0) is 32.6 Å². The van der Waals surface area contributed by atoms with Gasteiger partial charge in [0.2, 0.25) is 0 Å². The summed E-state index contributed by atoms with van der Waals surface area (Å²) in [6.45, 7) is 5.16. The molecular weight excluding hydrogens is 200 g/mol. The molecule has 0 radical (unpaired) electrons. The SMILES string of the molecule is CCNc1cncc(NC2(CC)CCC2)n1. The van der Waals surface area contributed by atoms with E-state index in [1.54, 1.807) is 12.4 Å². The van der Waals surface area contributed by atoms with Gasteiger partial charge in [0.15, 0.2) is 0 Å². The Hall–Kier alpha value is -1.32. The Morgan fingerprint density at radius 1 is 1.25 bits per heavy atom. The van der Waals surface area contributed by atoms with Crippen molar-refractivity contribution < 1.29 is 0 Å². The molecule has 4 heteroatoms. The van der Waals surface area contributed by atoms with Gasteiger partial charge in [-0.15, -0.1) is 0 Å². The topological polar surface area (TPSA) is 49.8 Å². The van der Waals surface area contributed by atoms with Gasteiger partial charge in [0.05, 0.1) is 12.4 Å². The second-order valence-corrected chi connectivity index (χ2v) is 4.43. The molecule has 1 aromatic rings. The van der Waals surface area contributed by atoms with Gasteiger partial charge in [0, 0.05) is 12.1 Å². The summed E-state index contributed by atoms with van der Waals surface area (Å²) in [5, 5.41) is 6.70. The number of hydrogen-bond acceptors (Lipinski definition) is 4. The Labute approximate surface area is 96.9 Å². The second-order valence-electron chi connectivity index (χ2n) is 4.43. The van der Waals surface area contributed by atoms with E-state index >= 15 is 0 Å². The average Bonchev–Trinajstić information content (AvgIpc) is 2.25. The van der Waals surface area contributed by atoms with E-state index in [4.69, 9.17) is 0 Å². The second kappa shape index (κ2) is 4.68. The van der Waals surface area contributed by atoms with Gasteiger partial charge in [-0.1, -0.05) is 6.92 Å². The van der Waals surface area contributed by atoms with Gasteiger partial charge in [0.1, 0.15) is 11.6 Å². The normalized spacial score (nSPS) is 17.6. The van der Waals surface area contributed by atoms with Gasteiger partial charge in [-0.3, -0.25) is 4.98 Å². The van der Waals surface area contributed by atoms with Gasteiger partial charge in [0.25, 0.3) is 0 Å². The molecule has 0 atom stereocenters. The van der Waals surface area contributed by atoms with Crippen molar-refractivity contribution in [3.63, 3.8) is 0 Å². The summed E-state index contributed by atoms with van der Waals surface area (Å²) < 4.78 is 0. The Bertz CT molecular complexity index is 341. The standard InChI is InChI=1S/C12H20N4/c1-3-12(6-5-7-12)16-11-9-13-8-10(15-11)14-4-2/h8-9H,3-7H2,1-2H3,(H2,14,15,16). The van der Waals surface area contributed by atoms with Crippen molar-refractivity contribution >= 4 is 11.6 Å². The highest BCUT2D eigenvalue weighted by atomic mass is 15.1. The van der Waals surface area contributed by atoms with Crippen LogP contribution < -0.4 is 10.6 Å². The zero-order valence-electron chi connectivity index (χ0n) is 10.1. The third-order valence-electron chi connectivity index (χ3n) is 3.37. The summed E-state index contributed by atoms with van der Waals surface area (Å²) in [6.07, 6.45) is 8.53. The molecule has 1 aliphatic carbocycles. The van der Waals surface area contributed by atoms with E-state index in [0.717, 1.165) is 24.6 Å². The number of nitrogens with zero attached hydrogens (tertiary/aromatic N) is 2. The first-order valence-corrected chi connectivity index (χ1v) is 6.12. The van der Waals surface area contributed by atoms with Crippen LogP contribution in [0.5, 0.6) is 0 Å². The summed E-state index contributed by atoms with van der Waals surface area (Å²) in [6, 6.07) is 0. The van der Waals surface area contributed by atoms with E-state index in [1.165, 1.54) is 19.3 Å². The van der Waals surface area contributed by atoms with Crippen molar-refractivity contribution in [3.8, 4) is 0 Å². The van der Waals surface area contributed by atoms with Crippen LogP contribution in [-0.2, 0) is 0 Å². The zero-order chi connectivity index (χ0) is 11.4. The molecule has 0 spiro atoms. The molecular formula is C12H20N4. The predicted molar refractivity (Wildman–Crippen MR) is 66.7 cm³/mol. The third kappa shape index (κ3) is 2.26. The monoisotopic (exact) mass is 220 g/mol. The quantitative estimate of drug-likeness (QED) is 0.801. The molecule has 4 nitrogen and oxygen atoms in total. The molecule has 88 valence electrons. The summed E-state index contributed by atoms with van der Waals surface area (Å²) in [5.41, 5.74) is 0.277. The Morgan fingerprint density at radius 3 is 2.56 bits per heavy atom. The molecule has 0 unspecified atom stereocenters. The van der Waals surface area contributed by atoms with Gasteiger partial charge in [-0.25, -0.2) is 4.98 Å². The average molecular weight is 220 g/mol. The zero-order valence-corrected chi connectivity index (χ0v) is 10.1. The van der Waals surface area contributed by atoms with Crippen LogP contribution in [0, 0.1) is 0 Å². The van der Waals surface area contributed by atoms with Gasteiger partial charge in [-0.2, -0.15) is 0 Å². The van der Waals surface area contributed by atoms with Crippen LogP contribution in [0.15, 0.2) is 12.4 Å². The molecule has 1 aromatic heterocycles. The lowest BCUT2D eigenvalue weighted by molar-refractivity contribution is 0.269. The molecule has 0 amide bonds. The number of aromatic nitrogens is 2. The lowest BCUT2D eigenvalue weighted by atomic mass is 9.75. The molecule has 2 N–H and O–H groups in total. The maximum absolute atomic E-state index is 4.49. The summed E-state index contributed by atoms with van der Waals surface area (Å²) in [4.78, 5) is 8.69. The molecule has 1 fully saturated rings. The Morgan fingerprint density at radius 2 is 2.00 bits per heavy atom. The molecule has 2 rings (SSSR count). The van der Waals surface area contributed by atoms with Crippen LogP contribution in [0.25, 0.3) is 0 Å². The first kappa shape index (κ1) is 11.2. The van der Waals surface area contributed by atoms with Crippen LogP contribution in [-0.4, -0.2) is 22.1 Å². The minimum absolute atomic E-state index is 0.277. The fourth-order valence-corrected chi connectivity index (χ4v) is 2.13. The summed E-state index contributed by atoms with van der Waals surface area (Å²) in [5.74, 6) is 1.73. The van der Waals surface area contributed by atoms with E-state index in [-0.39, 0.29) is 5.54 Å². The molecule has 1 saturated carbocycles. The largest absolute Gasteiger partial charge is 0.369 e. The maximum atomic E-state index is 4.49. The van der Waals surface area contributed by atoms with Crippen molar-refractivity contribution in [2.45, 2.75) is 45.1 Å². The molecule has 1 heterocycles. The molecule has 0 aliphatic heterocycles. The maximum Gasteiger partial charge on any atom is 0.147 e. The van der Waals surface area contributed by atoms with Crippen molar-refractivity contribution in [3.05, 3.63) is 12.4 Å². The van der Waals surface area contributed by atoms with Crippen LogP contribution in [0.2, 0.25) is 0 Å². The van der Waals surface area contributed by atoms with Gasteiger partial charge >= 0.3 is 0 Å². The van der Waals surface area contributed by atoms with Crippen LogP contribution in [0.1, 0.15) is 39.5 Å². The van der Waals surface area contributed by atoms with E-state index in [0.29, 0.717) is 0 Å². The molecule has 1 aliphatic rings. The van der Waals surface area contributed by atoms with E-state index in [1.807, 2.05) is 0 Å². The first-order chi connectivity index (χ1) is 7.78. The lowest BCUT2D eigenvalue weighted by Gasteiger charge is -2.42. The fourth-order valence-electron chi connectivity index (χ4n) is 2.13. The van der Waals surface area contributed by atoms with E-state index in [2.05, 4.69) is 34.4 Å². The summed E-state index contributed by atoms with van der Waals surface area (Å²) >= 11 is 0. The fraction of sp³-hybridized carbons (Fsp3) is 0.667. The molecule has 16 heavy (non-hydrogen) atoms. The number of nitrogens with one attached hydrogen (secondary N) is 2. The smallest absolute Gasteiger partial charge is 0.147 e. The minimum Gasteiger partial charge on any atom is -0.369 e. The van der Waals surface area contributed by atoms with Crippen LogP contribution in [0.4, 0.5) is 11.6 Å². The van der Waals surface area contributed by atoms with Crippen LogP contribution in [0.3, 0.4) is 0 Å². The van der Waals surface area contributed by atoms with Crippen LogP contribution >= 0.6 is 0 Å². The van der Waals surface area contributed by atoms with E-state index in [9.17, 15) is 0 Å². The Balaban J connectivity index is 2.05. The van der Waals surface area contributed by atoms with Crippen molar-refractivity contribution in [2.75, 3.05) is 17.2 Å². The number of hydrogen-bond donors (Lipinski definition) is 2. The third-order valence-corrected chi connectivity index (χ3v) is 3.37.